The second kappa shape index (κ2) is 6.24. The summed E-state index contributed by atoms with van der Waals surface area (Å²) < 4.78 is 26.4. The summed E-state index contributed by atoms with van der Waals surface area (Å²) in [6.07, 6.45) is 0. The van der Waals surface area contributed by atoms with Crippen LogP contribution < -0.4 is 4.72 Å². The summed E-state index contributed by atoms with van der Waals surface area (Å²) >= 11 is 0. The van der Waals surface area contributed by atoms with Gasteiger partial charge in [0.05, 0.1) is 17.4 Å². The molecule has 1 aromatic rings. The highest BCUT2D eigenvalue weighted by Crippen LogP contribution is 2.21. The fourth-order valence-corrected chi connectivity index (χ4v) is 3.28. The predicted octanol–water partition coefficient (Wildman–Crippen LogP) is 1.48. The van der Waals surface area contributed by atoms with E-state index in [4.69, 9.17) is 10.4 Å². The van der Waals surface area contributed by atoms with Crippen molar-refractivity contribution < 1.29 is 18.3 Å². The molecule has 0 saturated carbocycles. The third kappa shape index (κ3) is 5.17. The van der Waals surface area contributed by atoms with Gasteiger partial charge in [0.1, 0.15) is 6.04 Å². The lowest BCUT2D eigenvalue weighted by molar-refractivity contribution is -0.141. The number of benzene rings is 1. The lowest BCUT2D eigenvalue weighted by Crippen LogP contribution is -2.49. The number of aliphatic carboxylic acids is 1. The largest absolute Gasteiger partial charge is 0.480 e. The Hall–Kier alpha value is -1.91. The predicted molar refractivity (Wildman–Crippen MR) is 77.8 cm³/mol. The number of hydrogen-bond donors (Lipinski definition) is 2. The zero-order valence-electron chi connectivity index (χ0n) is 12.1. The minimum atomic E-state index is -3.83. The van der Waals surface area contributed by atoms with Crippen LogP contribution in [-0.2, 0) is 20.6 Å². The molecular weight excluding hydrogens is 292 g/mol. The molecule has 7 heteroatoms. The Kier molecular flexibility index (Phi) is 5.10. The van der Waals surface area contributed by atoms with Gasteiger partial charge in [-0.25, -0.2) is 13.1 Å². The normalized spacial score (nSPS) is 13.4. The lowest BCUT2D eigenvalue weighted by atomic mass is 9.88. The van der Waals surface area contributed by atoms with Crippen molar-refractivity contribution in [3.63, 3.8) is 0 Å². The summed E-state index contributed by atoms with van der Waals surface area (Å²) in [6, 6.07) is 6.90. The quantitative estimate of drug-likeness (QED) is 0.856. The maximum atomic E-state index is 12.1. The van der Waals surface area contributed by atoms with Gasteiger partial charge in [-0.2, -0.15) is 5.26 Å². The van der Waals surface area contributed by atoms with Crippen molar-refractivity contribution in [2.45, 2.75) is 32.6 Å². The van der Waals surface area contributed by atoms with Gasteiger partial charge < -0.3 is 5.11 Å². The highest BCUT2D eigenvalue weighted by molar-refractivity contribution is 7.88. The van der Waals surface area contributed by atoms with E-state index in [1.165, 1.54) is 6.07 Å². The molecule has 1 atom stereocenters. The van der Waals surface area contributed by atoms with E-state index in [0.717, 1.165) is 0 Å². The van der Waals surface area contributed by atoms with Crippen LogP contribution in [0.2, 0.25) is 0 Å². The summed E-state index contributed by atoms with van der Waals surface area (Å²) in [6.45, 7) is 4.93. The summed E-state index contributed by atoms with van der Waals surface area (Å²) in [5, 5.41) is 17.9. The average Bonchev–Trinajstić information content (AvgIpc) is 2.34. The number of rotatable bonds is 5. The molecule has 0 aliphatic heterocycles. The van der Waals surface area contributed by atoms with Crippen LogP contribution in [0.25, 0.3) is 0 Å². The van der Waals surface area contributed by atoms with Crippen molar-refractivity contribution in [2.24, 2.45) is 5.41 Å². The number of carbonyl (C=O) groups is 1. The summed E-state index contributed by atoms with van der Waals surface area (Å²) in [5.41, 5.74) is 0.0286. The first-order valence-electron chi connectivity index (χ1n) is 6.27. The molecular formula is C14H18N2O4S. The van der Waals surface area contributed by atoms with Crippen molar-refractivity contribution in [2.75, 3.05) is 0 Å². The van der Waals surface area contributed by atoms with Crippen molar-refractivity contribution in [3.8, 4) is 6.07 Å². The van der Waals surface area contributed by atoms with Crippen LogP contribution in [0.5, 0.6) is 0 Å². The van der Waals surface area contributed by atoms with Crippen LogP contribution in [0.3, 0.4) is 0 Å². The number of nitrogens with one attached hydrogen (secondary N) is 1. The van der Waals surface area contributed by atoms with Crippen molar-refractivity contribution >= 4 is 16.0 Å². The first-order valence-corrected chi connectivity index (χ1v) is 7.92. The lowest BCUT2D eigenvalue weighted by Gasteiger charge is -2.27. The Labute approximate surface area is 124 Å². The summed E-state index contributed by atoms with van der Waals surface area (Å²) in [5.74, 6) is -1.60. The third-order valence-corrected chi connectivity index (χ3v) is 4.13. The summed E-state index contributed by atoms with van der Waals surface area (Å²) in [4.78, 5) is 11.2. The zero-order valence-corrected chi connectivity index (χ0v) is 12.9. The molecule has 0 aliphatic rings. The van der Waals surface area contributed by atoms with E-state index in [9.17, 15) is 13.2 Å². The SMILES string of the molecule is CC(C)(C)[C@@H](NS(=O)(=O)Cc1cccc(C#N)c1)C(=O)O. The maximum absolute atomic E-state index is 12.1. The van der Waals surface area contributed by atoms with Crippen LogP contribution in [0.15, 0.2) is 24.3 Å². The highest BCUT2D eigenvalue weighted by atomic mass is 32.2. The van der Waals surface area contributed by atoms with Crippen LogP contribution >= 0.6 is 0 Å². The molecule has 114 valence electrons. The highest BCUT2D eigenvalue weighted by Gasteiger charge is 2.34. The molecule has 6 nitrogen and oxygen atoms in total. The van der Waals surface area contributed by atoms with Gasteiger partial charge in [-0.1, -0.05) is 32.9 Å². The van der Waals surface area contributed by atoms with Crippen LogP contribution in [0.4, 0.5) is 0 Å². The molecule has 0 radical (unpaired) electrons. The molecule has 0 bridgehead atoms. The molecule has 21 heavy (non-hydrogen) atoms. The molecule has 0 spiro atoms. The van der Waals surface area contributed by atoms with E-state index in [-0.39, 0.29) is 5.75 Å². The van der Waals surface area contributed by atoms with Crippen molar-refractivity contribution in [3.05, 3.63) is 35.4 Å². The topological polar surface area (TPSA) is 107 Å². The minimum Gasteiger partial charge on any atom is -0.480 e. The van der Waals surface area contributed by atoms with Gasteiger partial charge in [0, 0.05) is 0 Å². The van der Waals surface area contributed by atoms with E-state index in [1.807, 2.05) is 6.07 Å². The molecule has 0 amide bonds. The minimum absolute atomic E-state index is 0.355. The molecule has 1 aromatic carbocycles. The second-order valence-electron chi connectivity index (χ2n) is 5.83. The first kappa shape index (κ1) is 17.1. The van der Waals surface area contributed by atoms with Crippen LogP contribution in [0.1, 0.15) is 31.9 Å². The van der Waals surface area contributed by atoms with E-state index in [2.05, 4.69) is 4.72 Å². The fourth-order valence-electron chi connectivity index (χ4n) is 1.77. The van der Waals surface area contributed by atoms with E-state index in [1.54, 1.807) is 39.0 Å². The van der Waals surface area contributed by atoms with Gasteiger partial charge in [0.2, 0.25) is 10.0 Å². The Morgan fingerprint density at radius 2 is 2.05 bits per heavy atom. The number of sulfonamides is 1. The third-order valence-electron chi connectivity index (χ3n) is 2.82. The monoisotopic (exact) mass is 310 g/mol. The van der Waals surface area contributed by atoms with Crippen molar-refractivity contribution in [1.29, 1.82) is 5.26 Å². The summed E-state index contributed by atoms with van der Waals surface area (Å²) in [7, 11) is -3.83. The van der Waals surface area contributed by atoms with Crippen molar-refractivity contribution in [1.82, 2.24) is 4.72 Å². The maximum Gasteiger partial charge on any atom is 0.322 e. The van der Waals surface area contributed by atoms with Crippen LogP contribution in [-0.4, -0.2) is 25.5 Å². The zero-order chi connectivity index (χ0) is 16.3. The molecule has 0 aliphatic carbocycles. The average molecular weight is 310 g/mol. The first-order chi connectivity index (χ1) is 9.55. The van der Waals surface area contributed by atoms with E-state index < -0.39 is 27.4 Å². The molecule has 0 heterocycles. The van der Waals surface area contributed by atoms with Gasteiger partial charge in [0.15, 0.2) is 0 Å². The molecule has 0 unspecified atom stereocenters. The Bertz CT molecular complexity index is 669. The molecule has 0 fully saturated rings. The molecule has 2 N–H and O–H groups in total. The Balaban J connectivity index is 2.96. The second-order valence-corrected chi connectivity index (χ2v) is 7.58. The van der Waals surface area contributed by atoms with Gasteiger partial charge in [0.25, 0.3) is 0 Å². The number of carboxylic acids is 1. The van der Waals surface area contributed by atoms with E-state index >= 15 is 0 Å². The molecule has 1 rings (SSSR count). The van der Waals surface area contributed by atoms with Gasteiger partial charge >= 0.3 is 5.97 Å². The van der Waals surface area contributed by atoms with E-state index in [0.29, 0.717) is 11.1 Å². The Morgan fingerprint density at radius 1 is 1.43 bits per heavy atom. The van der Waals surface area contributed by atoms with Gasteiger partial charge in [-0.15, -0.1) is 0 Å². The Morgan fingerprint density at radius 3 is 2.52 bits per heavy atom. The smallest absolute Gasteiger partial charge is 0.322 e. The fraction of sp³-hybridized carbons (Fsp3) is 0.429. The van der Waals surface area contributed by atoms with Crippen LogP contribution in [0, 0.1) is 16.7 Å². The molecule has 0 aromatic heterocycles. The number of nitrogens with zero attached hydrogens (tertiary/aromatic N) is 1. The van der Waals surface area contributed by atoms with Gasteiger partial charge in [-0.3, -0.25) is 4.79 Å². The standard InChI is InChI=1S/C14H18N2O4S/c1-14(2,3)12(13(17)18)16-21(19,20)9-11-6-4-5-10(7-11)8-15/h4-7,12,16H,9H2,1-3H3,(H,17,18)/t12-/m0/s1. The number of hydrogen-bond acceptors (Lipinski definition) is 4. The number of carboxylic acid groups (broad SMARTS) is 1. The van der Waals surface area contributed by atoms with Gasteiger partial charge in [-0.05, 0) is 23.1 Å². The molecule has 0 saturated heterocycles. The number of nitriles is 1.